The summed E-state index contributed by atoms with van der Waals surface area (Å²) < 4.78 is 0. The summed E-state index contributed by atoms with van der Waals surface area (Å²) >= 11 is 0. The van der Waals surface area contributed by atoms with Crippen LogP contribution in [0.15, 0.2) is 59.7 Å². The molecule has 1 amide bonds. The maximum absolute atomic E-state index is 12.2. The van der Waals surface area contributed by atoms with Gasteiger partial charge in [0.15, 0.2) is 0 Å². The lowest BCUT2D eigenvalue weighted by Gasteiger charge is -2.02. The van der Waals surface area contributed by atoms with Gasteiger partial charge in [0, 0.05) is 23.3 Å². The number of phenolic OH excluding ortho intramolecular Hbond substituents is 1. The van der Waals surface area contributed by atoms with Crippen molar-refractivity contribution in [2.75, 3.05) is 0 Å². The summed E-state index contributed by atoms with van der Waals surface area (Å²) in [5.74, 6) is -0.415. The van der Waals surface area contributed by atoms with Crippen molar-refractivity contribution in [3.8, 4) is 17.0 Å². The van der Waals surface area contributed by atoms with Gasteiger partial charge in [-0.15, -0.1) is 0 Å². The molecule has 2 aromatic carbocycles. The Balaban J connectivity index is 1.74. The molecule has 0 radical (unpaired) electrons. The van der Waals surface area contributed by atoms with E-state index in [4.69, 9.17) is 0 Å². The van der Waals surface area contributed by atoms with E-state index in [-0.39, 0.29) is 17.1 Å². The van der Waals surface area contributed by atoms with Crippen LogP contribution in [0.25, 0.3) is 11.3 Å². The highest BCUT2D eigenvalue weighted by molar-refractivity contribution is 6.00. The molecule has 27 heavy (non-hydrogen) atoms. The number of nitrogens with one attached hydrogen (secondary N) is 2. The third kappa shape index (κ3) is 4.15. The van der Waals surface area contributed by atoms with Crippen LogP contribution in [0.5, 0.6) is 5.75 Å². The Morgan fingerprint density at radius 3 is 2.74 bits per heavy atom. The average Bonchev–Trinajstić information content (AvgIpc) is 3.16. The monoisotopic (exact) mass is 365 g/mol. The number of hydrogen-bond acceptors (Lipinski definition) is 6. The Labute approximate surface area is 153 Å². The van der Waals surface area contributed by atoms with Crippen molar-refractivity contribution in [1.82, 2.24) is 15.6 Å². The van der Waals surface area contributed by atoms with E-state index in [0.717, 1.165) is 0 Å². The first-order valence-electron chi connectivity index (χ1n) is 7.88. The summed E-state index contributed by atoms with van der Waals surface area (Å²) in [5.41, 5.74) is 4.58. The topological polar surface area (TPSA) is 134 Å². The second-order valence-electron chi connectivity index (χ2n) is 5.66. The van der Waals surface area contributed by atoms with Gasteiger partial charge in [-0.05, 0) is 25.1 Å². The molecule has 1 aromatic heterocycles. The van der Waals surface area contributed by atoms with Gasteiger partial charge in [0.1, 0.15) is 11.4 Å². The van der Waals surface area contributed by atoms with Gasteiger partial charge >= 0.3 is 0 Å². The first-order chi connectivity index (χ1) is 12.9. The minimum Gasteiger partial charge on any atom is -0.508 e. The molecule has 0 fully saturated rings. The number of carbonyl (C=O) groups excluding carboxylic acids is 1. The lowest BCUT2D eigenvalue weighted by Crippen LogP contribution is -2.19. The number of aromatic amines is 1. The zero-order chi connectivity index (χ0) is 19.4. The van der Waals surface area contributed by atoms with Gasteiger partial charge in [-0.25, -0.2) is 5.43 Å². The summed E-state index contributed by atoms with van der Waals surface area (Å²) in [6.07, 6.45) is 0. The number of non-ortho nitro benzene ring substituents is 1. The fourth-order valence-electron chi connectivity index (χ4n) is 2.36. The number of hydrogen-bond donors (Lipinski definition) is 3. The lowest BCUT2D eigenvalue weighted by molar-refractivity contribution is -0.384. The first-order valence-corrected chi connectivity index (χ1v) is 7.88. The Morgan fingerprint density at radius 2 is 2.00 bits per heavy atom. The number of benzene rings is 2. The van der Waals surface area contributed by atoms with Crippen LogP contribution in [-0.4, -0.2) is 31.8 Å². The highest BCUT2D eigenvalue weighted by Crippen LogP contribution is 2.22. The van der Waals surface area contributed by atoms with E-state index in [1.807, 2.05) is 0 Å². The first kappa shape index (κ1) is 17.8. The number of nitro benzene ring substituents is 1. The maximum Gasteiger partial charge on any atom is 0.289 e. The molecule has 9 heteroatoms. The van der Waals surface area contributed by atoms with Crippen LogP contribution in [-0.2, 0) is 0 Å². The summed E-state index contributed by atoms with van der Waals surface area (Å²) in [5, 5.41) is 31.0. The van der Waals surface area contributed by atoms with Gasteiger partial charge in [0.25, 0.3) is 11.6 Å². The molecule has 136 valence electrons. The molecule has 0 bridgehead atoms. The molecular formula is C18H15N5O4. The lowest BCUT2D eigenvalue weighted by atomic mass is 10.1. The Kier molecular flexibility index (Phi) is 4.93. The van der Waals surface area contributed by atoms with Crippen LogP contribution >= 0.6 is 0 Å². The van der Waals surface area contributed by atoms with E-state index in [0.29, 0.717) is 22.5 Å². The molecule has 0 aliphatic carbocycles. The smallest absolute Gasteiger partial charge is 0.289 e. The molecule has 0 saturated heterocycles. The number of aromatic nitrogens is 2. The van der Waals surface area contributed by atoms with Crippen LogP contribution in [0.4, 0.5) is 5.69 Å². The fourth-order valence-corrected chi connectivity index (χ4v) is 2.36. The molecule has 1 heterocycles. The van der Waals surface area contributed by atoms with Gasteiger partial charge in [0.05, 0.1) is 16.3 Å². The molecule has 3 aromatic rings. The van der Waals surface area contributed by atoms with E-state index in [2.05, 4.69) is 20.7 Å². The highest BCUT2D eigenvalue weighted by atomic mass is 16.6. The van der Waals surface area contributed by atoms with E-state index < -0.39 is 10.8 Å². The summed E-state index contributed by atoms with van der Waals surface area (Å²) in [6.45, 7) is 1.69. The zero-order valence-electron chi connectivity index (χ0n) is 14.2. The minimum absolute atomic E-state index is 0.0622. The van der Waals surface area contributed by atoms with Crippen molar-refractivity contribution >= 4 is 17.3 Å². The summed E-state index contributed by atoms with van der Waals surface area (Å²) in [7, 11) is 0. The summed E-state index contributed by atoms with van der Waals surface area (Å²) in [4.78, 5) is 22.6. The van der Waals surface area contributed by atoms with Crippen LogP contribution in [0.1, 0.15) is 23.0 Å². The third-order valence-electron chi connectivity index (χ3n) is 3.76. The number of aromatic hydroxyl groups is 1. The average molecular weight is 365 g/mol. The van der Waals surface area contributed by atoms with Crippen LogP contribution < -0.4 is 5.43 Å². The normalized spacial score (nSPS) is 11.2. The molecule has 3 rings (SSSR count). The van der Waals surface area contributed by atoms with E-state index in [1.54, 1.807) is 31.2 Å². The second kappa shape index (κ2) is 7.48. The van der Waals surface area contributed by atoms with Gasteiger partial charge in [-0.2, -0.15) is 10.2 Å². The van der Waals surface area contributed by atoms with Gasteiger partial charge in [0.2, 0.25) is 0 Å². The van der Waals surface area contributed by atoms with E-state index in [1.165, 1.54) is 30.3 Å². The standard InChI is InChI=1S/C18H15N5O4/c1-11(12-4-3-7-15(24)9-12)19-22-18(25)17-10-16(20-21-17)13-5-2-6-14(8-13)23(26)27/h2-10,24H,1H3,(H,20,21)(H,22,25). The van der Waals surface area contributed by atoms with Crippen LogP contribution in [0.2, 0.25) is 0 Å². The quantitative estimate of drug-likeness (QED) is 0.363. The molecule has 0 unspecified atom stereocenters. The third-order valence-corrected chi connectivity index (χ3v) is 3.76. The number of rotatable bonds is 5. The van der Waals surface area contributed by atoms with Crippen molar-refractivity contribution < 1.29 is 14.8 Å². The van der Waals surface area contributed by atoms with Crippen molar-refractivity contribution in [1.29, 1.82) is 0 Å². The molecule has 0 aliphatic heterocycles. The number of hydrazone groups is 1. The van der Waals surface area contributed by atoms with Crippen molar-refractivity contribution in [2.24, 2.45) is 5.10 Å². The fraction of sp³-hybridized carbons (Fsp3) is 0.0556. The zero-order valence-corrected chi connectivity index (χ0v) is 14.2. The van der Waals surface area contributed by atoms with Crippen LogP contribution in [0.3, 0.4) is 0 Å². The molecule has 3 N–H and O–H groups in total. The molecule has 0 aliphatic rings. The summed E-state index contributed by atoms with van der Waals surface area (Å²) in [6, 6.07) is 13.9. The predicted molar refractivity (Wildman–Crippen MR) is 98.5 cm³/mol. The SMILES string of the molecule is CC(=NNC(=O)c1cc(-c2cccc([N+](=O)[O-])c2)n[nH]1)c1cccc(O)c1. The molecule has 0 spiro atoms. The Morgan fingerprint density at radius 1 is 1.22 bits per heavy atom. The van der Waals surface area contributed by atoms with Gasteiger partial charge in [-0.3, -0.25) is 20.0 Å². The van der Waals surface area contributed by atoms with E-state index in [9.17, 15) is 20.0 Å². The highest BCUT2D eigenvalue weighted by Gasteiger charge is 2.13. The maximum atomic E-state index is 12.2. The van der Waals surface area contributed by atoms with Gasteiger partial charge < -0.3 is 5.11 Å². The largest absolute Gasteiger partial charge is 0.508 e. The predicted octanol–water partition coefficient (Wildman–Crippen LogP) is 2.84. The number of nitrogens with zero attached hydrogens (tertiary/aromatic N) is 3. The molecule has 0 atom stereocenters. The van der Waals surface area contributed by atoms with Crippen molar-refractivity contribution in [3.05, 3.63) is 76.0 Å². The van der Waals surface area contributed by atoms with Gasteiger partial charge in [-0.1, -0.05) is 24.3 Å². The number of carbonyl (C=O) groups is 1. The number of phenols is 1. The van der Waals surface area contributed by atoms with E-state index >= 15 is 0 Å². The Hall–Kier alpha value is -4.01. The van der Waals surface area contributed by atoms with Crippen molar-refractivity contribution in [3.63, 3.8) is 0 Å². The number of H-pyrrole nitrogens is 1. The minimum atomic E-state index is -0.515. The molecular weight excluding hydrogens is 350 g/mol. The van der Waals surface area contributed by atoms with Crippen molar-refractivity contribution in [2.45, 2.75) is 6.92 Å². The molecule has 0 saturated carbocycles. The Bertz CT molecular complexity index is 1040. The van der Waals surface area contributed by atoms with Crippen LogP contribution in [0, 0.1) is 10.1 Å². The number of nitro groups is 1. The second-order valence-corrected chi connectivity index (χ2v) is 5.66. The molecule has 9 nitrogen and oxygen atoms in total. The number of amides is 1.